The van der Waals surface area contributed by atoms with E-state index in [4.69, 9.17) is 14.2 Å². The molecule has 0 radical (unpaired) electrons. The van der Waals surface area contributed by atoms with Crippen LogP contribution in [0.5, 0.6) is 17.4 Å². The summed E-state index contributed by atoms with van der Waals surface area (Å²) in [4.78, 5) is 37.3. The van der Waals surface area contributed by atoms with Crippen LogP contribution in [-0.4, -0.2) is 66.4 Å². The Bertz CT molecular complexity index is 1720. The van der Waals surface area contributed by atoms with Gasteiger partial charge in [-0.3, -0.25) is 14.5 Å². The largest absolute Gasteiger partial charge is 0.496 e. The van der Waals surface area contributed by atoms with Crippen LogP contribution in [0.2, 0.25) is 0 Å². The molecular weight excluding hydrogens is 592 g/mol. The van der Waals surface area contributed by atoms with Crippen LogP contribution in [0.25, 0.3) is 10.9 Å². The number of nitrogens with zero attached hydrogens (tertiary/aromatic N) is 3. The number of aromatic nitrogens is 2. The summed E-state index contributed by atoms with van der Waals surface area (Å²) in [5, 5.41) is 0.639. The van der Waals surface area contributed by atoms with Crippen LogP contribution in [0.15, 0.2) is 60.9 Å². The molecule has 46 heavy (non-hydrogen) atoms. The molecule has 0 amide bonds. The Morgan fingerprint density at radius 1 is 0.891 bits per heavy atom. The van der Waals surface area contributed by atoms with Crippen molar-refractivity contribution in [3.8, 4) is 17.4 Å². The number of carbonyl (C=O) groups excluding carboxylic acids is 2. The fourth-order valence-electron chi connectivity index (χ4n) is 6.04. The molecule has 8 nitrogen and oxygen atoms in total. The van der Waals surface area contributed by atoms with Crippen LogP contribution in [0.1, 0.15) is 42.4 Å². The number of benzene rings is 3. The van der Waals surface area contributed by atoms with Gasteiger partial charge in [-0.25, -0.2) is 18.7 Å². The number of rotatable bonds is 14. The van der Waals surface area contributed by atoms with Crippen molar-refractivity contribution >= 4 is 22.5 Å². The Labute approximate surface area is 266 Å². The van der Waals surface area contributed by atoms with Gasteiger partial charge in [0.25, 0.3) is 0 Å². The molecule has 1 saturated heterocycles. The number of ketones is 2. The van der Waals surface area contributed by atoms with Gasteiger partial charge in [0.2, 0.25) is 5.88 Å². The average molecular weight is 630 g/mol. The smallest absolute Gasteiger partial charge is 0.230 e. The maximum Gasteiger partial charge on any atom is 0.230 e. The summed E-state index contributed by atoms with van der Waals surface area (Å²) in [5.41, 5.74) is 1.66. The van der Waals surface area contributed by atoms with Crippen LogP contribution in [0, 0.1) is 17.0 Å². The van der Waals surface area contributed by atoms with Crippen LogP contribution in [0.4, 0.5) is 8.78 Å². The number of Topliss-reactive ketones (excluding diaryl/α,β-unsaturated/α-hetero) is 2. The SMILES string of the molecule is COc1cc2ncnc(Oc3ccc(CC(=O)C4(C(=O)Cc5ccc(F)cc5)CC4)cc3F)c2cc1CCCCN1CCOCC1. The highest BCUT2D eigenvalue weighted by atomic mass is 19.1. The maximum absolute atomic E-state index is 15.3. The van der Waals surface area contributed by atoms with Gasteiger partial charge < -0.3 is 14.2 Å². The monoisotopic (exact) mass is 629 g/mol. The van der Waals surface area contributed by atoms with Crippen molar-refractivity contribution < 1.29 is 32.6 Å². The third-order valence-electron chi connectivity index (χ3n) is 8.94. The molecule has 4 aromatic rings. The number of ether oxygens (including phenoxy) is 3. The van der Waals surface area contributed by atoms with E-state index in [1.165, 1.54) is 30.6 Å². The summed E-state index contributed by atoms with van der Waals surface area (Å²) in [6, 6.07) is 13.8. The summed E-state index contributed by atoms with van der Waals surface area (Å²) in [6.45, 7) is 4.51. The molecule has 1 saturated carbocycles. The number of unbranched alkanes of at least 4 members (excludes halogenated alkanes) is 1. The van der Waals surface area contributed by atoms with E-state index < -0.39 is 11.2 Å². The van der Waals surface area contributed by atoms with Gasteiger partial charge in [-0.15, -0.1) is 0 Å². The number of halogens is 2. The van der Waals surface area contributed by atoms with E-state index >= 15 is 4.39 Å². The van der Waals surface area contributed by atoms with Crippen LogP contribution < -0.4 is 9.47 Å². The summed E-state index contributed by atoms with van der Waals surface area (Å²) < 4.78 is 45.6. The van der Waals surface area contributed by atoms with Gasteiger partial charge >= 0.3 is 0 Å². The third kappa shape index (κ3) is 7.24. The lowest BCUT2D eigenvalue weighted by Crippen LogP contribution is -2.36. The topological polar surface area (TPSA) is 90.9 Å². The molecule has 0 bridgehead atoms. The highest BCUT2D eigenvalue weighted by Crippen LogP contribution is 2.49. The van der Waals surface area contributed by atoms with Gasteiger partial charge in [0.1, 0.15) is 17.9 Å². The van der Waals surface area contributed by atoms with Gasteiger partial charge in [0.05, 0.1) is 36.6 Å². The quantitative estimate of drug-likeness (QED) is 0.123. The van der Waals surface area contributed by atoms with Gasteiger partial charge in [0.15, 0.2) is 23.1 Å². The predicted octanol–water partition coefficient (Wildman–Crippen LogP) is 6.07. The zero-order chi connectivity index (χ0) is 32.1. The maximum atomic E-state index is 15.3. The van der Waals surface area contributed by atoms with Crippen molar-refractivity contribution in [3.63, 3.8) is 0 Å². The van der Waals surface area contributed by atoms with Crippen molar-refractivity contribution in [1.29, 1.82) is 0 Å². The fraction of sp³-hybridized carbons (Fsp3) is 0.389. The fourth-order valence-corrected chi connectivity index (χ4v) is 6.04. The first-order valence-electron chi connectivity index (χ1n) is 15.7. The molecule has 0 spiro atoms. The molecule has 3 aromatic carbocycles. The Balaban J connectivity index is 1.12. The number of aryl methyl sites for hydroxylation is 1. The van der Waals surface area contributed by atoms with E-state index in [1.54, 1.807) is 25.3 Å². The molecule has 1 aromatic heterocycles. The van der Waals surface area contributed by atoms with Crippen molar-refractivity contribution in [2.75, 3.05) is 40.0 Å². The van der Waals surface area contributed by atoms with Crippen molar-refractivity contribution in [2.24, 2.45) is 5.41 Å². The molecule has 0 N–H and O–H groups in total. The Morgan fingerprint density at radius 2 is 1.61 bits per heavy atom. The van der Waals surface area contributed by atoms with Crippen molar-refractivity contribution in [2.45, 2.75) is 44.9 Å². The second-order valence-electron chi connectivity index (χ2n) is 12.0. The molecule has 10 heteroatoms. The molecule has 240 valence electrons. The number of fused-ring (bicyclic) bond motifs is 1. The zero-order valence-electron chi connectivity index (χ0n) is 25.9. The molecule has 6 rings (SSSR count). The number of hydrogen-bond donors (Lipinski definition) is 0. The highest BCUT2D eigenvalue weighted by molar-refractivity contribution is 6.10. The number of morpholine rings is 1. The van der Waals surface area contributed by atoms with E-state index in [9.17, 15) is 14.0 Å². The number of hydrogen-bond acceptors (Lipinski definition) is 8. The van der Waals surface area contributed by atoms with Crippen LogP contribution in [-0.2, 0) is 33.6 Å². The first-order valence-corrected chi connectivity index (χ1v) is 15.7. The van der Waals surface area contributed by atoms with E-state index in [-0.39, 0.29) is 41.9 Å². The van der Waals surface area contributed by atoms with E-state index in [0.29, 0.717) is 34.9 Å². The van der Waals surface area contributed by atoms with E-state index in [0.717, 1.165) is 63.4 Å². The van der Waals surface area contributed by atoms with Gasteiger partial charge in [-0.1, -0.05) is 18.2 Å². The Hall–Kier alpha value is -4.28. The summed E-state index contributed by atoms with van der Waals surface area (Å²) >= 11 is 0. The predicted molar refractivity (Wildman–Crippen MR) is 168 cm³/mol. The average Bonchev–Trinajstić information content (AvgIpc) is 3.88. The Morgan fingerprint density at radius 3 is 2.30 bits per heavy atom. The second-order valence-corrected chi connectivity index (χ2v) is 12.0. The van der Waals surface area contributed by atoms with E-state index in [1.807, 2.05) is 12.1 Å². The zero-order valence-corrected chi connectivity index (χ0v) is 25.9. The van der Waals surface area contributed by atoms with Crippen molar-refractivity contribution in [1.82, 2.24) is 14.9 Å². The summed E-state index contributed by atoms with van der Waals surface area (Å²) in [6.07, 6.45) is 5.09. The van der Waals surface area contributed by atoms with Gasteiger partial charge in [-0.05, 0) is 85.7 Å². The molecule has 0 unspecified atom stereocenters. The minimum atomic E-state index is -1.05. The second kappa shape index (κ2) is 14.0. The van der Waals surface area contributed by atoms with Crippen LogP contribution >= 0.6 is 0 Å². The van der Waals surface area contributed by atoms with E-state index in [2.05, 4.69) is 14.9 Å². The highest BCUT2D eigenvalue weighted by Gasteiger charge is 2.54. The van der Waals surface area contributed by atoms with Gasteiger partial charge in [-0.2, -0.15) is 0 Å². The molecule has 2 aliphatic rings. The first-order chi connectivity index (χ1) is 22.3. The minimum Gasteiger partial charge on any atom is -0.496 e. The summed E-state index contributed by atoms with van der Waals surface area (Å²) in [7, 11) is 1.63. The molecule has 2 heterocycles. The normalized spacial score (nSPS) is 15.9. The molecule has 1 aliphatic heterocycles. The lowest BCUT2D eigenvalue weighted by atomic mass is 9.88. The Kier molecular flexibility index (Phi) is 9.65. The molecule has 0 atom stereocenters. The standard InChI is InChI=1S/C36H37F2N3O5/c1-44-32-22-30-28(21-26(32)4-2-3-13-41-14-16-45-17-15-41)35(40-23-39-30)46-31-10-7-25(18-29(31)38)20-34(43)36(11-12-36)33(42)19-24-5-8-27(37)9-6-24/h5-10,18,21-23H,2-4,11-17,19-20H2,1H3. The van der Waals surface area contributed by atoms with Crippen molar-refractivity contribution in [3.05, 3.63) is 89.2 Å². The van der Waals surface area contributed by atoms with Gasteiger partial charge in [0, 0.05) is 32.0 Å². The lowest BCUT2D eigenvalue weighted by Gasteiger charge is -2.26. The molecule has 2 fully saturated rings. The number of methoxy groups -OCH3 is 1. The lowest BCUT2D eigenvalue weighted by molar-refractivity contribution is -0.133. The minimum absolute atomic E-state index is 0.0346. The number of carbonyl (C=O) groups is 2. The first kappa shape index (κ1) is 31.7. The molecule has 1 aliphatic carbocycles. The molecular formula is C36H37F2N3O5. The van der Waals surface area contributed by atoms with Crippen LogP contribution in [0.3, 0.4) is 0 Å². The third-order valence-corrected chi connectivity index (χ3v) is 8.94. The summed E-state index contributed by atoms with van der Waals surface area (Å²) in [5.74, 6) is -0.536.